The summed E-state index contributed by atoms with van der Waals surface area (Å²) in [4.78, 5) is 33.8. The smallest absolute Gasteiger partial charge is 0.192 e. The fourth-order valence-corrected chi connectivity index (χ4v) is 10.3. The highest BCUT2D eigenvalue weighted by atomic mass is 32.1. The highest BCUT2D eigenvalue weighted by Gasteiger charge is 2.81. The first-order valence-corrected chi connectivity index (χ1v) is 14.1. The van der Waals surface area contributed by atoms with E-state index in [-0.39, 0.29) is 28.8 Å². The van der Waals surface area contributed by atoms with Crippen LogP contribution in [0.1, 0.15) is 58.3 Å². The van der Waals surface area contributed by atoms with Gasteiger partial charge in [-0.1, -0.05) is 45.4 Å². The van der Waals surface area contributed by atoms with Crippen LogP contribution in [0.15, 0.2) is 41.3 Å². The summed E-state index contributed by atoms with van der Waals surface area (Å²) in [5.41, 5.74) is -1.89. The molecule has 36 heavy (non-hydrogen) atoms. The Balaban J connectivity index is 1.44. The van der Waals surface area contributed by atoms with Gasteiger partial charge in [0.15, 0.2) is 17.2 Å². The molecule has 0 radical (unpaired) electrons. The van der Waals surface area contributed by atoms with Gasteiger partial charge < -0.3 is 10.2 Å². The minimum atomic E-state index is -1.16. The molecule has 194 valence electrons. The summed E-state index contributed by atoms with van der Waals surface area (Å²) in [7, 11) is 0. The first-order valence-electron chi connectivity index (χ1n) is 13.2. The third kappa shape index (κ3) is 2.71. The molecule has 0 bridgehead atoms. The predicted octanol–water partition coefficient (Wildman–Crippen LogP) is 4.08. The van der Waals surface area contributed by atoms with Crippen LogP contribution >= 0.6 is 11.3 Å². The Kier molecular flexibility index (Phi) is 5.28. The van der Waals surface area contributed by atoms with Gasteiger partial charge in [-0.2, -0.15) is 5.06 Å². The number of hydrogen-bond acceptors (Lipinski definition) is 7. The van der Waals surface area contributed by atoms with Crippen molar-refractivity contribution in [1.82, 2.24) is 5.06 Å². The van der Waals surface area contributed by atoms with E-state index in [2.05, 4.69) is 33.8 Å². The molecule has 6 nitrogen and oxygen atoms in total. The quantitative estimate of drug-likeness (QED) is 0.634. The SMILES string of the molecule is C[C@]12[C@@H](CCC3=CC(=O)C=C[C@@]31C)[C@]1(C)C[C@H]3CN(Cc4cccs4)O[C@@]3(C(=O)CO)[C@@]1(C)C[C@@H]2O. The van der Waals surface area contributed by atoms with E-state index in [1.807, 2.05) is 22.6 Å². The van der Waals surface area contributed by atoms with Crippen LogP contribution in [0, 0.1) is 33.5 Å². The molecule has 7 heteroatoms. The molecule has 6 rings (SSSR count). The van der Waals surface area contributed by atoms with Crippen molar-refractivity contribution in [2.24, 2.45) is 33.5 Å². The van der Waals surface area contributed by atoms with E-state index < -0.39 is 34.6 Å². The van der Waals surface area contributed by atoms with Crippen molar-refractivity contribution in [3.05, 3.63) is 46.2 Å². The number of carbonyl (C=O) groups is 2. The molecular weight excluding hydrogens is 474 g/mol. The molecule has 0 spiro atoms. The van der Waals surface area contributed by atoms with E-state index >= 15 is 0 Å². The van der Waals surface area contributed by atoms with Crippen LogP contribution in [0.3, 0.4) is 0 Å². The van der Waals surface area contributed by atoms with Gasteiger partial charge in [0.25, 0.3) is 0 Å². The molecule has 0 unspecified atom stereocenters. The number of ketones is 2. The van der Waals surface area contributed by atoms with Gasteiger partial charge in [-0.25, -0.2) is 0 Å². The van der Waals surface area contributed by atoms with Crippen molar-refractivity contribution in [3.63, 3.8) is 0 Å². The summed E-state index contributed by atoms with van der Waals surface area (Å²) >= 11 is 1.67. The van der Waals surface area contributed by atoms with Gasteiger partial charge in [0, 0.05) is 33.6 Å². The maximum absolute atomic E-state index is 13.7. The van der Waals surface area contributed by atoms with Crippen LogP contribution in [0.25, 0.3) is 0 Å². The lowest BCUT2D eigenvalue weighted by Gasteiger charge is -2.69. The first-order chi connectivity index (χ1) is 17.0. The minimum Gasteiger partial charge on any atom is -0.392 e. The largest absolute Gasteiger partial charge is 0.392 e. The van der Waals surface area contributed by atoms with Crippen molar-refractivity contribution in [1.29, 1.82) is 0 Å². The average molecular weight is 512 g/mol. The molecule has 0 amide bonds. The monoisotopic (exact) mass is 511 g/mol. The number of fused-ring (bicyclic) bond motifs is 7. The molecule has 1 aromatic heterocycles. The van der Waals surface area contributed by atoms with Crippen LogP contribution < -0.4 is 0 Å². The lowest BCUT2D eigenvalue weighted by Crippen LogP contribution is -2.70. The maximum atomic E-state index is 13.7. The molecule has 8 atom stereocenters. The number of thiophene rings is 1. The number of aliphatic hydroxyl groups excluding tert-OH is 2. The molecule has 1 aliphatic heterocycles. The molecule has 4 fully saturated rings. The highest BCUT2D eigenvalue weighted by Crippen LogP contribution is 2.78. The summed E-state index contributed by atoms with van der Waals surface area (Å²) in [6.45, 7) is 9.47. The van der Waals surface area contributed by atoms with E-state index in [0.29, 0.717) is 19.5 Å². The van der Waals surface area contributed by atoms with Crippen molar-refractivity contribution < 1.29 is 24.6 Å². The van der Waals surface area contributed by atoms with Crippen molar-refractivity contribution >= 4 is 22.9 Å². The van der Waals surface area contributed by atoms with Gasteiger partial charge in [0.2, 0.25) is 0 Å². The van der Waals surface area contributed by atoms with Crippen molar-refractivity contribution in [2.45, 2.75) is 71.6 Å². The van der Waals surface area contributed by atoms with Gasteiger partial charge in [0.05, 0.1) is 12.6 Å². The van der Waals surface area contributed by atoms with E-state index in [1.54, 1.807) is 23.5 Å². The van der Waals surface area contributed by atoms with Crippen LogP contribution in [-0.2, 0) is 21.0 Å². The Bertz CT molecular complexity index is 1180. The number of allylic oxidation sites excluding steroid dienone is 4. The number of hydrogen-bond donors (Lipinski definition) is 2. The van der Waals surface area contributed by atoms with Crippen LogP contribution in [0.4, 0.5) is 0 Å². The number of carbonyl (C=O) groups excluding carboxylic acids is 2. The van der Waals surface area contributed by atoms with Crippen LogP contribution in [0.5, 0.6) is 0 Å². The van der Waals surface area contributed by atoms with Gasteiger partial charge in [-0.3, -0.25) is 14.4 Å². The molecule has 4 aliphatic carbocycles. The molecular formula is C29H37NO5S. The summed E-state index contributed by atoms with van der Waals surface area (Å²) < 4.78 is 0. The molecule has 2 heterocycles. The van der Waals surface area contributed by atoms with E-state index in [4.69, 9.17) is 4.84 Å². The number of nitrogens with zero attached hydrogens (tertiary/aromatic N) is 1. The van der Waals surface area contributed by atoms with E-state index in [0.717, 1.165) is 24.8 Å². The third-order valence-electron chi connectivity index (χ3n) is 11.7. The molecule has 3 saturated carbocycles. The molecule has 1 aromatic rings. The lowest BCUT2D eigenvalue weighted by atomic mass is 9.36. The standard InChI is InChI=1S/C29H37NO5S/c1-25-10-9-20(32)12-18(25)7-8-22-26(2)13-19-15-30(16-21-6-5-11-36-21)35-29(19,24(34)17-31)27(26,3)14-23(33)28(22,25)4/h5-6,9-12,19,22-23,31,33H,7-8,13-17H2,1-4H3/t19-,22-,23-,25-,26-,27-,28+,29-/m0/s1. The Hall–Kier alpha value is -1.64. The zero-order valence-corrected chi connectivity index (χ0v) is 22.4. The van der Waals surface area contributed by atoms with Crippen molar-refractivity contribution in [3.8, 4) is 0 Å². The Morgan fingerprint density at radius 1 is 1.25 bits per heavy atom. The lowest BCUT2D eigenvalue weighted by molar-refractivity contribution is -0.283. The van der Waals surface area contributed by atoms with Crippen LogP contribution in [0.2, 0.25) is 0 Å². The van der Waals surface area contributed by atoms with Crippen molar-refractivity contribution in [2.75, 3.05) is 13.2 Å². The second kappa shape index (κ2) is 7.70. The number of rotatable bonds is 4. The fraction of sp³-hybridized carbons (Fsp3) is 0.655. The Morgan fingerprint density at radius 3 is 2.72 bits per heavy atom. The maximum Gasteiger partial charge on any atom is 0.192 e. The molecule has 2 N–H and O–H groups in total. The average Bonchev–Trinajstić information content (AvgIpc) is 3.51. The van der Waals surface area contributed by atoms with Gasteiger partial charge in [-0.15, -0.1) is 11.3 Å². The number of Topliss-reactive ketones (excluding diaryl/α,β-unsaturated/α-hetero) is 1. The topological polar surface area (TPSA) is 87.1 Å². The molecule has 5 aliphatic rings. The van der Waals surface area contributed by atoms with Crippen LogP contribution in [-0.4, -0.2) is 51.7 Å². The first kappa shape index (κ1) is 24.7. The third-order valence-corrected chi connectivity index (χ3v) is 12.5. The minimum absolute atomic E-state index is 0.0213. The highest BCUT2D eigenvalue weighted by molar-refractivity contribution is 7.09. The number of aliphatic hydroxyl groups is 2. The van der Waals surface area contributed by atoms with Gasteiger partial charge >= 0.3 is 0 Å². The van der Waals surface area contributed by atoms with E-state index in [1.165, 1.54) is 4.88 Å². The molecule has 0 aromatic carbocycles. The zero-order valence-electron chi connectivity index (χ0n) is 21.6. The second-order valence-electron chi connectivity index (χ2n) is 12.7. The summed E-state index contributed by atoms with van der Waals surface area (Å²) in [6.07, 6.45) is 7.65. The fourth-order valence-electron chi connectivity index (χ4n) is 9.60. The van der Waals surface area contributed by atoms with E-state index in [9.17, 15) is 19.8 Å². The Labute approximate surface area is 217 Å². The normalized spacial score (nSPS) is 47.7. The second-order valence-corrected chi connectivity index (χ2v) is 13.7. The predicted molar refractivity (Wildman–Crippen MR) is 137 cm³/mol. The van der Waals surface area contributed by atoms with Gasteiger partial charge in [-0.05, 0) is 60.6 Å². The Morgan fingerprint density at radius 2 is 2.03 bits per heavy atom. The zero-order chi connectivity index (χ0) is 25.7. The number of hydroxylamine groups is 2. The summed E-state index contributed by atoms with van der Waals surface area (Å²) in [6, 6.07) is 4.09. The molecule has 1 saturated heterocycles. The summed E-state index contributed by atoms with van der Waals surface area (Å²) in [5, 5.41) is 26.2. The summed E-state index contributed by atoms with van der Waals surface area (Å²) in [5.74, 6) is -0.182. The van der Waals surface area contributed by atoms with Gasteiger partial charge in [0.1, 0.15) is 6.61 Å².